The number of carbonyl (C=O) groups excluding carboxylic acids is 1. The normalized spacial score (nSPS) is 37.0. The van der Waals surface area contributed by atoms with E-state index in [0.717, 1.165) is 38.4 Å². The summed E-state index contributed by atoms with van der Waals surface area (Å²) in [6, 6.07) is 0.143. The minimum atomic E-state index is 0.143. The van der Waals surface area contributed by atoms with Gasteiger partial charge in [-0.15, -0.1) is 0 Å². The summed E-state index contributed by atoms with van der Waals surface area (Å²) in [5, 5.41) is 0. The molecule has 2 fully saturated rings. The van der Waals surface area contributed by atoms with Crippen molar-refractivity contribution >= 4 is 5.78 Å². The van der Waals surface area contributed by atoms with Crippen LogP contribution in [0.2, 0.25) is 0 Å². The molecule has 1 saturated carbocycles. The molecule has 0 aromatic carbocycles. The van der Waals surface area contributed by atoms with Crippen LogP contribution in [-0.2, 0) is 4.79 Å². The number of Topliss-reactive ketones (excluding diaryl/α,β-unsaturated/α-hetero) is 1. The van der Waals surface area contributed by atoms with Gasteiger partial charge < -0.3 is 4.90 Å². The number of likely N-dealkylation sites (N-methyl/N-ethyl adjacent to an activating group) is 2. The maximum absolute atomic E-state index is 12.6. The van der Waals surface area contributed by atoms with Crippen LogP contribution in [0.4, 0.5) is 0 Å². The molecule has 3 atom stereocenters. The Morgan fingerprint density at radius 1 is 1.18 bits per heavy atom. The summed E-state index contributed by atoms with van der Waals surface area (Å²) in [5.74, 6) is 1.58. The van der Waals surface area contributed by atoms with E-state index in [1.165, 1.54) is 12.8 Å². The fourth-order valence-corrected chi connectivity index (χ4v) is 3.28. The van der Waals surface area contributed by atoms with Crippen molar-refractivity contribution in [2.24, 2.45) is 11.8 Å². The second-order valence-corrected chi connectivity index (χ2v) is 6.13. The quantitative estimate of drug-likeness (QED) is 0.730. The van der Waals surface area contributed by atoms with Crippen molar-refractivity contribution in [3.05, 3.63) is 0 Å². The predicted molar refractivity (Wildman–Crippen MR) is 70.0 cm³/mol. The van der Waals surface area contributed by atoms with Gasteiger partial charge in [-0.25, -0.2) is 0 Å². The molecule has 0 radical (unpaired) electrons. The molecule has 1 heterocycles. The van der Waals surface area contributed by atoms with Gasteiger partial charge >= 0.3 is 0 Å². The highest BCUT2D eigenvalue weighted by Crippen LogP contribution is 2.30. The SMILES string of the molecule is CC1CCCC(C(=O)C2CN(C)CCN2C)C1. The van der Waals surface area contributed by atoms with E-state index in [0.29, 0.717) is 11.7 Å². The van der Waals surface area contributed by atoms with Crippen molar-refractivity contribution in [1.82, 2.24) is 9.80 Å². The lowest BCUT2D eigenvalue weighted by Gasteiger charge is -2.39. The predicted octanol–water partition coefficient (Wildman–Crippen LogP) is 1.63. The Kier molecular flexibility index (Phi) is 4.21. The molecule has 0 N–H and O–H groups in total. The molecule has 2 rings (SSSR count). The van der Waals surface area contributed by atoms with E-state index < -0.39 is 0 Å². The van der Waals surface area contributed by atoms with Crippen molar-refractivity contribution in [2.75, 3.05) is 33.7 Å². The molecule has 0 aromatic rings. The van der Waals surface area contributed by atoms with Crippen molar-refractivity contribution < 1.29 is 4.79 Å². The number of nitrogens with zero attached hydrogens (tertiary/aromatic N) is 2. The molecule has 1 aliphatic heterocycles. The van der Waals surface area contributed by atoms with Gasteiger partial charge in [-0.3, -0.25) is 9.69 Å². The van der Waals surface area contributed by atoms with Gasteiger partial charge in [0, 0.05) is 25.6 Å². The average molecular weight is 238 g/mol. The highest BCUT2D eigenvalue weighted by atomic mass is 16.1. The topological polar surface area (TPSA) is 23.6 Å². The maximum Gasteiger partial charge on any atom is 0.154 e. The van der Waals surface area contributed by atoms with E-state index in [1.54, 1.807) is 0 Å². The number of carbonyl (C=O) groups is 1. The minimum absolute atomic E-state index is 0.143. The monoisotopic (exact) mass is 238 g/mol. The summed E-state index contributed by atoms with van der Waals surface area (Å²) < 4.78 is 0. The molecule has 1 aliphatic carbocycles. The number of rotatable bonds is 2. The molecule has 17 heavy (non-hydrogen) atoms. The van der Waals surface area contributed by atoms with Crippen LogP contribution >= 0.6 is 0 Å². The van der Waals surface area contributed by atoms with Crippen molar-refractivity contribution in [3.63, 3.8) is 0 Å². The molecule has 0 spiro atoms. The van der Waals surface area contributed by atoms with E-state index in [9.17, 15) is 4.79 Å². The Labute approximate surface area is 105 Å². The summed E-state index contributed by atoms with van der Waals surface area (Å²) in [7, 11) is 4.22. The zero-order valence-corrected chi connectivity index (χ0v) is 11.5. The van der Waals surface area contributed by atoms with Crippen LogP contribution in [0.1, 0.15) is 32.6 Å². The first kappa shape index (κ1) is 13.0. The number of piperazine rings is 1. The Morgan fingerprint density at radius 2 is 1.94 bits per heavy atom. The Morgan fingerprint density at radius 3 is 2.65 bits per heavy atom. The lowest BCUT2D eigenvalue weighted by Crippen LogP contribution is -2.55. The summed E-state index contributed by atoms with van der Waals surface area (Å²) in [6.45, 7) is 5.31. The molecule has 2 aliphatic rings. The number of hydrogen-bond acceptors (Lipinski definition) is 3. The Balaban J connectivity index is 1.97. The van der Waals surface area contributed by atoms with Gasteiger partial charge in [-0.2, -0.15) is 0 Å². The third-order valence-electron chi connectivity index (χ3n) is 4.52. The molecule has 0 bridgehead atoms. The van der Waals surface area contributed by atoms with Crippen molar-refractivity contribution in [2.45, 2.75) is 38.6 Å². The van der Waals surface area contributed by atoms with Crippen LogP contribution in [0.5, 0.6) is 0 Å². The smallest absolute Gasteiger partial charge is 0.154 e. The lowest BCUT2D eigenvalue weighted by atomic mass is 9.78. The fourth-order valence-electron chi connectivity index (χ4n) is 3.28. The first-order valence-corrected chi connectivity index (χ1v) is 7.00. The number of ketones is 1. The zero-order valence-electron chi connectivity index (χ0n) is 11.5. The third kappa shape index (κ3) is 3.08. The van der Waals surface area contributed by atoms with Gasteiger partial charge in [0.15, 0.2) is 5.78 Å². The van der Waals surface area contributed by atoms with Crippen LogP contribution < -0.4 is 0 Å². The van der Waals surface area contributed by atoms with Gasteiger partial charge in [0.1, 0.15) is 0 Å². The summed E-state index contributed by atoms with van der Waals surface area (Å²) in [4.78, 5) is 17.1. The standard InChI is InChI=1S/C14H26N2O/c1-11-5-4-6-12(9-11)14(17)13-10-15(2)7-8-16(13)3/h11-13H,4-10H2,1-3H3. The van der Waals surface area contributed by atoms with E-state index in [-0.39, 0.29) is 6.04 Å². The van der Waals surface area contributed by atoms with Crippen molar-refractivity contribution in [1.29, 1.82) is 0 Å². The fraction of sp³-hybridized carbons (Fsp3) is 0.929. The largest absolute Gasteiger partial charge is 0.303 e. The van der Waals surface area contributed by atoms with Gasteiger partial charge in [0.25, 0.3) is 0 Å². The first-order valence-electron chi connectivity index (χ1n) is 7.00. The van der Waals surface area contributed by atoms with Gasteiger partial charge in [-0.1, -0.05) is 19.8 Å². The third-order valence-corrected chi connectivity index (χ3v) is 4.52. The van der Waals surface area contributed by atoms with Crippen LogP contribution in [0, 0.1) is 11.8 Å². The van der Waals surface area contributed by atoms with E-state index >= 15 is 0 Å². The van der Waals surface area contributed by atoms with E-state index in [1.807, 2.05) is 0 Å². The second kappa shape index (κ2) is 5.49. The molecule has 0 amide bonds. The van der Waals surface area contributed by atoms with Gasteiger partial charge in [0.05, 0.1) is 6.04 Å². The van der Waals surface area contributed by atoms with Gasteiger partial charge in [0.2, 0.25) is 0 Å². The van der Waals surface area contributed by atoms with Crippen LogP contribution in [-0.4, -0.2) is 55.4 Å². The van der Waals surface area contributed by atoms with E-state index in [4.69, 9.17) is 0 Å². The lowest BCUT2D eigenvalue weighted by molar-refractivity contribution is -0.131. The molecular formula is C14H26N2O. The molecule has 98 valence electrons. The summed E-state index contributed by atoms with van der Waals surface area (Å²) >= 11 is 0. The highest BCUT2D eigenvalue weighted by molar-refractivity contribution is 5.86. The van der Waals surface area contributed by atoms with Crippen molar-refractivity contribution in [3.8, 4) is 0 Å². The summed E-state index contributed by atoms with van der Waals surface area (Å²) in [6.07, 6.45) is 4.79. The van der Waals surface area contributed by atoms with Crippen LogP contribution in [0.15, 0.2) is 0 Å². The molecule has 0 aromatic heterocycles. The molecule has 3 heteroatoms. The van der Waals surface area contributed by atoms with E-state index in [2.05, 4.69) is 30.8 Å². The van der Waals surface area contributed by atoms with Gasteiger partial charge in [-0.05, 0) is 32.9 Å². The second-order valence-electron chi connectivity index (χ2n) is 6.13. The summed E-state index contributed by atoms with van der Waals surface area (Å²) in [5.41, 5.74) is 0. The maximum atomic E-state index is 12.6. The molecule has 3 nitrogen and oxygen atoms in total. The highest BCUT2D eigenvalue weighted by Gasteiger charge is 2.34. The number of hydrogen-bond donors (Lipinski definition) is 0. The van der Waals surface area contributed by atoms with Crippen LogP contribution in [0.25, 0.3) is 0 Å². The minimum Gasteiger partial charge on any atom is -0.303 e. The Bertz CT molecular complexity index is 279. The molecule has 1 saturated heterocycles. The first-order chi connectivity index (χ1) is 8.08. The average Bonchev–Trinajstić information content (AvgIpc) is 2.31. The molecule has 3 unspecified atom stereocenters. The van der Waals surface area contributed by atoms with Crippen LogP contribution in [0.3, 0.4) is 0 Å². The molecular weight excluding hydrogens is 212 g/mol. The zero-order chi connectivity index (χ0) is 12.4. The Hall–Kier alpha value is -0.410.